The summed E-state index contributed by atoms with van der Waals surface area (Å²) in [6.07, 6.45) is 3.37. The van der Waals surface area contributed by atoms with Gasteiger partial charge in [-0.3, -0.25) is 9.59 Å². The molecule has 1 aliphatic heterocycles. The van der Waals surface area contributed by atoms with E-state index in [1.807, 2.05) is 4.90 Å². The lowest BCUT2D eigenvalue weighted by Gasteiger charge is -2.27. The van der Waals surface area contributed by atoms with Gasteiger partial charge >= 0.3 is 12.0 Å². The predicted octanol–water partition coefficient (Wildman–Crippen LogP) is 0.941. The molecule has 7 nitrogen and oxygen atoms in total. The molecular formula is C14H25N3O4. The Morgan fingerprint density at radius 1 is 1.14 bits per heavy atom. The van der Waals surface area contributed by atoms with Crippen LogP contribution in [0.3, 0.4) is 0 Å². The Balaban J connectivity index is 2.23. The van der Waals surface area contributed by atoms with E-state index in [1.54, 1.807) is 13.8 Å². The largest absolute Gasteiger partial charge is 0.481 e. The number of amides is 3. The summed E-state index contributed by atoms with van der Waals surface area (Å²) in [4.78, 5) is 36.0. The highest BCUT2D eigenvalue weighted by molar-refractivity contribution is 5.79. The van der Waals surface area contributed by atoms with Crippen LogP contribution < -0.4 is 10.6 Å². The zero-order chi connectivity index (χ0) is 15.9. The van der Waals surface area contributed by atoms with Gasteiger partial charge in [-0.25, -0.2) is 4.79 Å². The fourth-order valence-corrected chi connectivity index (χ4v) is 2.36. The molecule has 0 radical (unpaired) electrons. The average Bonchev–Trinajstić information content (AvgIpc) is 2.37. The maximum Gasteiger partial charge on any atom is 0.315 e. The topological polar surface area (TPSA) is 98.7 Å². The van der Waals surface area contributed by atoms with Crippen molar-refractivity contribution < 1.29 is 19.5 Å². The maximum atomic E-state index is 11.9. The highest BCUT2D eigenvalue weighted by Crippen LogP contribution is 2.10. The Hall–Kier alpha value is -1.79. The van der Waals surface area contributed by atoms with Crippen molar-refractivity contribution in [3.8, 4) is 0 Å². The summed E-state index contributed by atoms with van der Waals surface area (Å²) in [6, 6.07) is -0.451. The maximum absolute atomic E-state index is 11.9. The van der Waals surface area contributed by atoms with Gasteiger partial charge in [-0.1, -0.05) is 0 Å². The molecule has 7 heteroatoms. The summed E-state index contributed by atoms with van der Waals surface area (Å²) >= 11 is 0. The van der Waals surface area contributed by atoms with Crippen LogP contribution in [-0.2, 0) is 9.59 Å². The lowest BCUT2D eigenvalue weighted by atomic mass is 10.0. The van der Waals surface area contributed by atoms with Crippen LogP contribution in [0.4, 0.5) is 4.79 Å². The highest BCUT2D eigenvalue weighted by atomic mass is 16.4. The number of carboxylic acid groups (broad SMARTS) is 1. The van der Waals surface area contributed by atoms with E-state index in [1.165, 1.54) is 6.42 Å². The van der Waals surface area contributed by atoms with E-state index >= 15 is 0 Å². The van der Waals surface area contributed by atoms with Crippen molar-refractivity contribution in [3.63, 3.8) is 0 Å². The van der Waals surface area contributed by atoms with Crippen LogP contribution in [0.2, 0.25) is 0 Å². The molecule has 1 saturated heterocycles. The normalized spacial score (nSPS) is 15.4. The van der Waals surface area contributed by atoms with E-state index in [4.69, 9.17) is 5.11 Å². The molecular weight excluding hydrogens is 274 g/mol. The quantitative estimate of drug-likeness (QED) is 0.679. The summed E-state index contributed by atoms with van der Waals surface area (Å²) in [7, 11) is 0. The molecule has 1 aliphatic rings. The van der Waals surface area contributed by atoms with Crippen molar-refractivity contribution >= 4 is 17.9 Å². The molecule has 0 saturated carbocycles. The molecule has 0 aromatic heterocycles. The second-order valence-electron chi connectivity index (χ2n) is 6.03. The van der Waals surface area contributed by atoms with Crippen molar-refractivity contribution in [2.45, 2.75) is 51.5 Å². The van der Waals surface area contributed by atoms with E-state index in [9.17, 15) is 14.4 Å². The van der Waals surface area contributed by atoms with Crippen LogP contribution in [0.5, 0.6) is 0 Å². The molecule has 0 aromatic carbocycles. The fraction of sp³-hybridized carbons (Fsp3) is 0.786. The third-order valence-electron chi connectivity index (χ3n) is 3.38. The van der Waals surface area contributed by atoms with E-state index in [0.717, 1.165) is 25.9 Å². The van der Waals surface area contributed by atoms with Gasteiger partial charge in [-0.15, -0.1) is 0 Å². The predicted molar refractivity (Wildman–Crippen MR) is 77.9 cm³/mol. The first-order valence-electron chi connectivity index (χ1n) is 7.36. The van der Waals surface area contributed by atoms with Gasteiger partial charge in [0.15, 0.2) is 0 Å². The number of carbonyl (C=O) groups is 3. The van der Waals surface area contributed by atoms with Crippen LogP contribution in [0, 0.1) is 0 Å². The van der Waals surface area contributed by atoms with Gasteiger partial charge in [0.05, 0.1) is 6.42 Å². The number of carbonyl (C=O) groups excluding carboxylic acids is 2. The molecule has 0 bridgehead atoms. The summed E-state index contributed by atoms with van der Waals surface area (Å²) in [5, 5.41) is 13.9. The molecule has 1 rings (SSSR count). The smallest absolute Gasteiger partial charge is 0.315 e. The van der Waals surface area contributed by atoms with Gasteiger partial charge in [0, 0.05) is 31.6 Å². The van der Waals surface area contributed by atoms with Crippen molar-refractivity contribution in [3.05, 3.63) is 0 Å². The number of piperidine rings is 1. The van der Waals surface area contributed by atoms with Gasteiger partial charge in [0.25, 0.3) is 0 Å². The molecule has 0 unspecified atom stereocenters. The van der Waals surface area contributed by atoms with Crippen LogP contribution in [0.15, 0.2) is 0 Å². The average molecular weight is 299 g/mol. The zero-order valence-corrected chi connectivity index (χ0v) is 12.8. The minimum absolute atomic E-state index is 0.0554. The van der Waals surface area contributed by atoms with Crippen molar-refractivity contribution in [2.75, 3.05) is 19.6 Å². The van der Waals surface area contributed by atoms with Gasteiger partial charge in [0.2, 0.25) is 5.91 Å². The number of urea groups is 1. The Morgan fingerprint density at radius 2 is 1.76 bits per heavy atom. The first-order valence-corrected chi connectivity index (χ1v) is 7.36. The molecule has 1 fully saturated rings. The van der Waals surface area contributed by atoms with Gasteiger partial charge < -0.3 is 20.6 Å². The van der Waals surface area contributed by atoms with Crippen molar-refractivity contribution in [2.24, 2.45) is 0 Å². The van der Waals surface area contributed by atoms with Crippen LogP contribution in [0.1, 0.15) is 46.0 Å². The molecule has 0 spiro atoms. The number of nitrogens with one attached hydrogen (secondary N) is 2. The molecule has 0 aliphatic carbocycles. The van der Waals surface area contributed by atoms with Gasteiger partial charge in [0.1, 0.15) is 0 Å². The van der Waals surface area contributed by atoms with E-state index < -0.39 is 17.5 Å². The third kappa shape index (κ3) is 6.97. The molecule has 3 N–H and O–H groups in total. The number of carboxylic acids is 1. The fourth-order valence-electron chi connectivity index (χ4n) is 2.36. The SMILES string of the molecule is CC(C)(CC(=O)O)NC(=O)NCCC(=O)N1CCCCC1. The first kappa shape index (κ1) is 17.3. The van der Waals surface area contributed by atoms with Crippen LogP contribution >= 0.6 is 0 Å². The second kappa shape index (κ2) is 7.85. The standard InChI is InChI=1S/C14H25N3O4/c1-14(2,10-12(19)20)16-13(21)15-7-6-11(18)17-8-4-3-5-9-17/h3-10H2,1-2H3,(H,19,20)(H2,15,16,21). The minimum Gasteiger partial charge on any atom is -0.481 e. The minimum atomic E-state index is -0.972. The molecule has 0 aromatic rings. The summed E-state index contributed by atoms with van der Waals surface area (Å²) < 4.78 is 0. The highest BCUT2D eigenvalue weighted by Gasteiger charge is 2.24. The second-order valence-corrected chi connectivity index (χ2v) is 6.03. The number of hydrogen-bond acceptors (Lipinski definition) is 3. The Morgan fingerprint density at radius 3 is 2.33 bits per heavy atom. The van der Waals surface area contributed by atoms with Gasteiger partial charge in [-0.05, 0) is 33.1 Å². The summed E-state index contributed by atoms with van der Waals surface area (Å²) in [5.74, 6) is -0.916. The van der Waals surface area contributed by atoms with E-state index in [-0.39, 0.29) is 25.3 Å². The first-order chi connectivity index (χ1) is 9.80. The molecule has 3 amide bonds. The number of aliphatic carboxylic acids is 1. The summed E-state index contributed by atoms with van der Waals surface area (Å²) in [5.41, 5.74) is -0.827. The third-order valence-corrected chi connectivity index (χ3v) is 3.38. The molecule has 1 heterocycles. The lowest BCUT2D eigenvalue weighted by Crippen LogP contribution is -2.50. The van der Waals surface area contributed by atoms with Crippen LogP contribution in [-0.4, -0.2) is 53.1 Å². The number of hydrogen-bond donors (Lipinski definition) is 3. The monoisotopic (exact) mass is 299 g/mol. The van der Waals surface area contributed by atoms with Crippen LogP contribution in [0.25, 0.3) is 0 Å². The zero-order valence-electron chi connectivity index (χ0n) is 12.8. The Labute approximate surface area is 125 Å². The molecule has 21 heavy (non-hydrogen) atoms. The van der Waals surface area contributed by atoms with E-state index in [0.29, 0.717) is 0 Å². The number of nitrogens with zero attached hydrogens (tertiary/aromatic N) is 1. The van der Waals surface area contributed by atoms with Crippen molar-refractivity contribution in [1.29, 1.82) is 0 Å². The van der Waals surface area contributed by atoms with E-state index in [2.05, 4.69) is 10.6 Å². The molecule has 0 atom stereocenters. The Kier molecular flexibility index (Phi) is 6.45. The number of likely N-dealkylation sites (tertiary alicyclic amines) is 1. The number of rotatable bonds is 6. The van der Waals surface area contributed by atoms with Crippen molar-refractivity contribution in [1.82, 2.24) is 15.5 Å². The van der Waals surface area contributed by atoms with Gasteiger partial charge in [-0.2, -0.15) is 0 Å². The lowest BCUT2D eigenvalue weighted by molar-refractivity contribution is -0.138. The Bertz CT molecular complexity index is 390. The molecule has 120 valence electrons. The summed E-state index contributed by atoms with van der Waals surface area (Å²) in [6.45, 7) is 5.14.